The quantitative estimate of drug-likeness (QED) is 0.521. The summed E-state index contributed by atoms with van der Waals surface area (Å²) in [7, 11) is 0. The Bertz CT molecular complexity index is 367. The molecule has 0 unspecified atom stereocenters. The topological polar surface area (TPSA) is 0 Å². The first kappa shape index (κ1) is 15.2. The van der Waals surface area contributed by atoms with Crippen LogP contribution in [-0.2, 0) is 6.18 Å². The average molecular weight is 220 g/mol. The summed E-state index contributed by atoms with van der Waals surface area (Å²) in [6.07, 6.45) is -2.18. The van der Waals surface area contributed by atoms with Crippen molar-refractivity contribution in [1.82, 2.24) is 0 Å². The molecule has 0 N–H and O–H groups in total. The van der Waals surface area contributed by atoms with Gasteiger partial charge in [-0.2, -0.15) is 19.2 Å². The van der Waals surface area contributed by atoms with Crippen molar-refractivity contribution < 1.29 is 32.0 Å². The molecular weight excluding hydrogens is 208 g/mol. The SMILES string of the molecule is [CH2-]/C(=C\c1ccccc1C(F)(F)F)CC.[Li+]. The molecular formula is C12H12F3Li. The molecule has 1 aromatic rings. The van der Waals surface area contributed by atoms with Crippen molar-refractivity contribution in [3.8, 4) is 0 Å². The van der Waals surface area contributed by atoms with E-state index in [1.807, 2.05) is 6.92 Å². The van der Waals surface area contributed by atoms with Gasteiger partial charge < -0.3 is 0 Å². The molecule has 0 spiro atoms. The van der Waals surface area contributed by atoms with E-state index in [4.69, 9.17) is 0 Å². The molecule has 0 atom stereocenters. The molecule has 0 bridgehead atoms. The molecule has 0 aliphatic heterocycles. The van der Waals surface area contributed by atoms with Crippen molar-refractivity contribution in [2.45, 2.75) is 19.5 Å². The van der Waals surface area contributed by atoms with Gasteiger partial charge in [-0.1, -0.05) is 43.2 Å². The summed E-state index contributed by atoms with van der Waals surface area (Å²) in [4.78, 5) is 0. The fourth-order valence-electron chi connectivity index (χ4n) is 1.20. The van der Waals surface area contributed by atoms with Crippen LogP contribution in [-0.4, -0.2) is 0 Å². The van der Waals surface area contributed by atoms with Gasteiger partial charge in [-0.05, 0) is 0 Å². The minimum atomic E-state index is -4.30. The van der Waals surface area contributed by atoms with Crippen LogP contribution in [0.25, 0.3) is 6.08 Å². The predicted octanol–water partition coefficient (Wildman–Crippen LogP) is 1.34. The van der Waals surface area contributed by atoms with E-state index in [0.717, 1.165) is 6.07 Å². The fraction of sp³-hybridized carbons (Fsp3) is 0.250. The second kappa shape index (κ2) is 6.08. The molecule has 0 aliphatic carbocycles. The van der Waals surface area contributed by atoms with Crippen molar-refractivity contribution >= 4 is 6.08 Å². The molecule has 0 amide bonds. The van der Waals surface area contributed by atoms with Crippen LogP contribution >= 0.6 is 0 Å². The Labute approximate surface area is 106 Å². The molecule has 0 heterocycles. The molecule has 0 aromatic heterocycles. The molecule has 1 aromatic carbocycles. The van der Waals surface area contributed by atoms with Gasteiger partial charge in [-0.3, -0.25) is 0 Å². The summed E-state index contributed by atoms with van der Waals surface area (Å²) in [5.41, 5.74) is 0.253. The van der Waals surface area contributed by atoms with Crippen LogP contribution in [0.5, 0.6) is 0 Å². The Morgan fingerprint density at radius 2 is 1.88 bits per heavy atom. The standard InChI is InChI=1S/C12H12F3.Li/c1-3-9(2)8-10-6-4-5-7-11(10)12(13,14)15;/h4-8H,2-3H2,1H3;/q-1;+1/b9-8+;. The third-order valence-electron chi connectivity index (χ3n) is 2.08. The number of halogens is 3. The van der Waals surface area contributed by atoms with Crippen molar-refractivity contribution in [2.24, 2.45) is 0 Å². The van der Waals surface area contributed by atoms with Gasteiger partial charge in [0.15, 0.2) is 0 Å². The molecule has 4 heteroatoms. The van der Waals surface area contributed by atoms with Gasteiger partial charge in [0.25, 0.3) is 0 Å². The van der Waals surface area contributed by atoms with Crippen LogP contribution in [0.4, 0.5) is 13.2 Å². The summed E-state index contributed by atoms with van der Waals surface area (Å²) in [5.74, 6) is 0. The van der Waals surface area contributed by atoms with E-state index in [-0.39, 0.29) is 24.4 Å². The number of hydrogen-bond donors (Lipinski definition) is 0. The van der Waals surface area contributed by atoms with Crippen LogP contribution < -0.4 is 18.9 Å². The Kier molecular flexibility index (Phi) is 5.78. The third kappa shape index (κ3) is 4.00. The zero-order chi connectivity index (χ0) is 11.5. The largest absolute Gasteiger partial charge is 1.00 e. The first-order chi connectivity index (χ1) is 6.95. The van der Waals surface area contributed by atoms with Crippen LogP contribution in [0.3, 0.4) is 0 Å². The van der Waals surface area contributed by atoms with Crippen molar-refractivity contribution in [3.05, 3.63) is 47.9 Å². The molecule has 1 rings (SSSR count). The maximum absolute atomic E-state index is 12.6. The number of rotatable bonds is 2. The van der Waals surface area contributed by atoms with E-state index < -0.39 is 11.7 Å². The van der Waals surface area contributed by atoms with Crippen LogP contribution in [0.1, 0.15) is 24.5 Å². The minimum absolute atomic E-state index is 0. The van der Waals surface area contributed by atoms with Crippen LogP contribution in [0.15, 0.2) is 29.8 Å². The maximum Gasteiger partial charge on any atom is 1.00 e. The Morgan fingerprint density at radius 3 is 2.38 bits per heavy atom. The maximum atomic E-state index is 12.6. The van der Waals surface area contributed by atoms with E-state index in [2.05, 4.69) is 6.92 Å². The predicted molar refractivity (Wildman–Crippen MR) is 55.1 cm³/mol. The van der Waals surface area contributed by atoms with Crippen molar-refractivity contribution in [1.29, 1.82) is 0 Å². The molecule has 0 aliphatic rings. The van der Waals surface area contributed by atoms with E-state index in [0.29, 0.717) is 12.0 Å². The van der Waals surface area contributed by atoms with Gasteiger partial charge in [0.05, 0.1) is 0 Å². The molecule has 0 fully saturated rings. The van der Waals surface area contributed by atoms with E-state index in [9.17, 15) is 13.2 Å². The normalized spacial score (nSPS) is 12.1. The zero-order valence-electron chi connectivity index (χ0n) is 9.43. The fourth-order valence-corrected chi connectivity index (χ4v) is 1.20. The Morgan fingerprint density at radius 1 is 1.31 bits per heavy atom. The molecule has 0 saturated heterocycles. The summed E-state index contributed by atoms with van der Waals surface area (Å²) in [6.45, 7) is 5.52. The van der Waals surface area contributed by atoms with Crippen LogP contribution in [0, 0.1) is 6.92 Å². The number of hydrogen-bond acceptors (Lipinski definition) is 0. The van der Waals surface area contributed by atoms with Crippen molar-refractivity contribution in [2.75, 3.05) is 0 Å². The number of alkyl halides is 3. The third-order valence-corrected chi connectivity index (χ3v) is 2.08. The number of benzene rings is 1. The first-order valence-corrected chi connectivity index (χ1v) is 4.64. The molecule has 82 valence electrons. The number of allylic oxidation sites excluding steroid dienone is 1. The van der Waals surface area contributed by atoms with Gasteiger partial charge in [0.1, 0.15) is 0 Å². The van der Waals surface area contributed by atoms with Crippen molar-refractivity contribution in [3.63, 3.8) is 0 Å². The smallest absolute Gasteiger partial charge is 0.242 e. The van der Waals surface area contributed by atoms with Gasteiger partial charge in [-0.25, -0.2) is 12.5 Å². The monoisotopic (exact) mass is 220 g/mol. The second-order valence-corrected chi connectivity index (χ2v) is 3.24. The summed E-state index contributed by atoms with van der Waals surface area (Å²) in [5, 5.41) is 0. The van der Waals surface area contributed by atoms with Crippen LogP contribution in [0.2, 0.25) is 0 Å². The summed E-state index contributed by atoms with van der Waals surface area (Å²) >= 11 is 0. The van der Waals surface area contributed by atoms with Gasteiger partial charge in [0.2, 0.25) is 0 Å². The molecule has 0 nitrogen and oxygen atoms in total. The zero-order valence-corrected chi connectivity index (χ0v) is 9.43. The molecule has 16 heavy (non-hydrogen) atoms. The molecule has 0 saturated carbocycles. The second-order valence-electron chi connectivity index (χ2n) is 3.24. The van der Waals surface area contributed by atoms with Gasteiger partial charge >= 0.3 is 25.0 Å². The Hall–Kier alpha value is -0.783. The first-order valence-electron chi connectivity index (χ1n) is 4.64. The Balaban J connectivity index is 0.00000225. The summed E-state index contributed by atoms with van der Waals surface area (Å²) < 4.78 is 37.7. The molecule has 0 radical (unpaired) electrons. The van der Waals surface area contributed by atoms with Gasteiger partial charge in [-0.15, -0.1) is 0 Å². The average Bonchev–Trinajstić information content (AvgIpc) is 2.17. The van der Waals surface area contributed by atoms with Gasteiger partial charge in [0, 0.05) is 5.56 Å². The summed E-state index contributed by atoms with van der Waals surface area (Å²) in [6, 6.07) is 5.50. The van der Waals surface area contributed by atoms with E-state index >= 15 is 0 Å². The van der Waals surface area contributed by atoms with E-state index in [1.54, 1.807) is 6.07 Å². The van der Waals surface area contributed by atoms with E-state index in [1.165, 1.54) is 18.2 Å². The minimum Gasteiger partial charge on any atom is -0.242 e.